The van der Waals surface area contributed by atoms with E-state index in [1.54, 1.807) is 30.2 Å². The second-order valence-electron chi connectivity index (χ2n) is 7.06. The van der Waals surface area contributed by atoms with Crippen LogP contribution in [0.1, 0.15) is 12.0 Å². The molecule has 0 radical (unpaired) electrons. The van der Waals surface area contributed by atoms with E-state index in [0.717, 1.165) is 32.7 Å². The van der Waals surface area contributed by atoms with Gasteiger partial charge in [0.1, 0.15) is 37.6 Å². The lowest BCUT2D eigenvalue weighted by molar-refractivity contribution is -0.986. The molecule has 0 atom stereocenters. The number of nitrogens with one attached hydrogen (secondary N) is 3. The van der Waals surface area contributed by atoms with E-state index in [1.807, 2.05) is 0 Å². The molecule has 8 heteroatoms. The molecule has 1 aliphatic rings. The number of hydrogen-bond donors (Lipinski definition) is 3. The smallest absolute Gasteiger partial charge is 0.230 e. The molecule has 160 valence electrons. The van der Waals surface area contributed by atoms with Crippen LogP contribution in [0.3, 0.4) is 0 Å². The van der Waals surface area contributed by atoms with Crippen molar-refractivity contribution in [3.8, 4) is 5.75 Å². The average molecular weight is 461 g/mol. The number of piperazine rings is 1. The number of carbonyl (C=O) groups excluding carboxylic acids is 1. The maximum absolute atomic E-state index is 12.3. The molecule has 5 nitrogen and oxygen atoms in total. The first-order valence-electron chi connectivity index (χ1n) is 9.44. The Hall–Kier alpha value is -1.50. The highest BCUT2D eigenvalue weighted by atomic mass is 35.5. The van der Waals surface area contributed by atoms with Gasteiger partial charge >= 0.3 is 0 Å². The molecule has 1 amide bonds. The minimum atomic E-state index is -0.00301. The highest BCUT2D eigenvalue weighted by Gasteiger charge is 2.25. The predicted octanol–water partition coefficient (Wildman–Crippen LogP) is -4.89. The van der Waals surface area contributed by atoms with Crippen molar-refractivity contribution in [1.82, 2.24) is 0 Å². The van der Waals surface area contributed by atoms with Gasteiger partial charge in [-0.2, -0.15) is 0 Å². The summed E-state index contributed by atoms with van der Waals surface area (Å²) in [6.07, 6.45) is 0.491. The van der Waals surface area contributed by atoms with Crippen LogP contribution in [0.25, 0.3) is 0 Å². The van der Waals surface area contributed by atoms with Gasteiger partial charge in [0.05, 0.1) is 25.8 Å². The minimum absolute atomic E-state index is 0. The fraction of sp³-hybridized carbons (Fsp3) is 0.381. The van der Waals surface area contributed by atoms with E-state index in [-0.39, 0.29) is 30.7 Å². The van der Waals surface area contributed by atoms with Crippen LogP contribution >= 0.6 is 11.6 Å². The fourth-order valence-corrected chi connectivity index (χ4v) is 3.85. The number of amides is 1. The largest absolute Gasteiger partial charge is 1.00 e. The second-order valence-corrected chi connectivity index (χ2v) is 7.50. The Labute approximate surface area is 190 Å². The zero-order valence-corrected chi connectivity index (χ0v) is 19.0. The van der Waals surface area contributed by atoms with Crippen molar-refractivity contribution in [3.63, 3.8) is 0 Å². The molecule has 0 spiro atoms. The van der Waals surface area contributed by atoms with Crippen molar-refractivity contribution in [2.24, 2.45) is 0 Å². The van der Waals surface area contributed by atoms with E-state index in [1.165, 1.54) is 16.2 Å². The lowest BCUT2D eigenvalue weighted by atomic mass is 10.1. The summed E-state index contributed by atoms with van der Waals surface area (Å²) < 4.78 is 5.28. The van der Waals surface area contributed by atoms with Crippen LogP contribution in [-0.4, -0.2) is 45.7 Å². The number of quaternary nitrogens is 2. The standard InChI is InChI=1S/C21H26ClN3O2.2ClH/c1-16-5-3-4-6-19(16)25-13-11-24(12-14-25)10-9-21(26)23-18-15-17(22)7-8-20(18)27-2;;/h3-8,15H,9-14H2,1-2H3,(H,23,26);2*1H. The maximum Gasteiger partial charge on any atom is 0.230 e. The molecule has 1 fully saturated rings. The summed E-state index contributed by atoms with van der Waals surface area (Å²) in [5, 5.41) is 3.49. The van der Waals surface area contributed by atoms with Crippen LogP contribution in [0.2, 0.25) is 5.02 Å². The Morgan fingerprint density at radius 1 is 1.10 bits per heavy atom. The zero-order valence-electron chi connectivity index (χ0n) is 16.7. The van der Waals surface area contributed by atoms with Gasteiger partial charge in [0, 0.05) is 10.6 Å². The third-order valence-corrected chi connectivity index (χ3v) is 5.46. The molecule has 1 saturated heterocycles. The molecule has 0 aliphatic carbocycles. The third-order valence-electron chi connectivity index (χ3n) is 5.23. The van der Waals surface area contributed by atoms with Crippen LogP contribution in [0, 0.1) is 6.92 Å². The van der Waals surface area contributed by atoms with Crippen molar-refractivity contribution >= 4 is 28.9 Å². The predicted molar refractivity (Wildman–Crippen MR) is 108 cm³/mol. The fourth-order valence-electron chi connectivity index (χ4n) is 3.68. The van der Waals surface area contributed by atoms with E-state index >= 15 is 0 Å². The van der Waals surface area contributed by atoms with Gasteiger partial charge < -0.3 is 39.8 Å². The summed E-state index contributed by atoms with van der Waals surface area (Å²) in [6, 6.07) is 13.8. The van der Waals surface area contributed by atoms with Gasteiger partial charge in [-0.25, -0.2) is 0 Å². The number of para-hydroxylation sites is 1. The number of hydrogen-bond acceptors (Lipinski definition) is 2. The molecule has 29 heavy (non-hydrogen) atoms. The number of halogens is 3. The number of rotatable bonds is 6. The highest BCUT2D eigenvalue weighted by molar-refractivity contribution is 6.31. The van der Waals surface area contributed by atoms with Gasteiger partial charge in [-0.15, -0.1) is 0 Å². The van der Waals surface area contributed by atoms with E-state index in [4.69, 9.17) is 16.3 Å². The van der Waals surface area contributed by atoms with Crippen molar-refractivity contribution in [2.45, 2.75) is 13.3 Å². The summed E-state index contributed by atoms with van der Waals surface area (Å²) in [6.45, 7) is 7.38. The van der Waals surface area contributed by atoms with Gasteiger partial charge in [0.15, 0.2) is 0 Å². The lowest BCUT2D eigenvalue weighted by Gasteiger charge is -2.30. The zero-order chi connectivity index (χ0) is 19.2. The molecule has 3 N–H and O–H groups in total. The molecule has 2 aromatic carbocycles. The number of methoxy groups -OCH3 is 1. The molecule has 1 aliphatic heterocycles. The molecule has 0 aromatic heterocycles. The van der Waals surface area contributed by atoms with Crippen LogP contribution in [0.4, 0.5) is 11.4 Å². The number of carbonyl (C=O) groups is 1. The van der Waals surface area contributed by atoms with Crippen molar-refractivity contribution in [1.29, 1.82) is 0 Å². The minimum Gasteiger partial charge on any atom is -1.00 e. The summed E-state index contributed by atoms with van der Waals surface area (Å²) in [5.41, 5.74) is 3.38. The Morgan fingerprint density at radius 2 is 1.79 bits per heavy atom. The Bertz CT molecular complexity index is 796. The molecular formula is C21H28Cl3N3O2. The first kappa shape index (κ1) is 25.5. The third kappa shape index (κ3) is 7.05. The van der Waals surface area contributed by atoms with Gasteiger partial charge in [-0.3, -0.25) is 9.69 Å². The van der Waals surface area contributed by atoms with E-state index < -0.39 is 0 Å². The average Bonchev–Trinajstić information content (AvgIpc) is 2.67. The van der Waals surface area contributed by atoms with Crippen molar-refractivity contribution in [2.75, 3.05) is 45.2 Å². The SMILES string of the molecule is COc1ccc(Cl)cc1NC(=O)CC[NH+]1CC[NH+](c2ccccc2C)CC1.[Cl-].[Cl-]. The van der Waals surface area contributed by atoms with Gasteiger partial charge in [0.25, 0.3) is 0 Å². The Kier molecular flexibility index (Phi) is 10.8. The van der Waals surface area contributed by atoms with Gasteiger partial charge in [0.2, 0.25) is 5.91 Å². The summed E-state index contributed by atoms with van der Waals surface area (Å²) in [5.74, 6) is 0.618. The monoisotopic (exact) mass is 459 g/mol. The number of ether oxygens (including phenoxy) is 1. The van der Waals surface area contributed by atoms with Crippen LogP contribution in [-0.2, 0) is 4.79 Å². The van der Waals surface area contributed by atoms with Gasteiger partial charge in [-0.1, -0.05) is 29.8 Å². The summed E-state index contributed by atoms with van der Waals surface area (Å²) in [7, 11) is 1.58. The first-order valence-corrected chi connectivity index (χ1v) is 9.82. The normalized spacial score (nSPS) is 18.2. The molecule has 0 saturated carbocycles. The topological polar surface area (TPSA) is 47.2 Å². The molecule has 1 heterocycles. The number of anilines is 1. The number of benzene rings is 2. The maximum atomic E-state index is 12.3. The van der Waals surface area contributed by atoms with Crippen LogP contribution in [0.5, 0.6) is 5.75 Å². The van der Waals surface area contributed by atoms with Crippen molar-refractivity contribution in [3.05, 3.63) is 53.1 Å². The Balaban J connectivity index is 0.00000210. The molecule has 2 aromatic rings. The van der Waals surface area contributed by atoms with Gasteiger partial charge in [-0.05, 0) is 31.2 Å². The van der Waals surface area contributed by atoms with E-state index in [9.17, 15) is 4.79 Å². The van der Waals surface area contributed by atoms with E-state index in [0.29, 0.717) is 22.9 Å². The molecule has 3 rings (SSSR count). The van der Waals surface area contributed by atoms with Crippen LogP contribution in [0.15, 0.2) is 42.5 Å². The molecule has 0 unspecified atom stereocenters. The summed E-state index contributed by atoms with van der Waals surface area (Å²) >= 11 is 6.02. The van der Waals surface area contributed by atoms with Crippen LogP contribution < -0.4 is 44.7 Å². The number of aryl methyl sites for hydroxylation is 1. The quantitative estimate of drug-likeness (QED) is 0.405. The Morgan fingerprint density at radius 3 is 2.45 bits per heavy atom. The molecular weight excluding hydrogens is 433 g/mol. The second kappa shape index (κ2) is 12.3. The van der Waals surface area contributed by atoms with Crippen molar-refractivity contribution < 1.29 is 44.1 Å². The van der Waals surface area contributed by atoms with E-state index in [2.05, 4.69) is 36.5 Å². The highest BCUT2D eigenvalue weighted by Crippen LogP contribution is 2.27. The summed E-state index contributed by atoms with van der Waals surface area (Å²) in [4.78, 5) is 15.4. The lowest BCUT2D eigenvalue weighted by Crippen LogP contribution is -3.26. The first-order chi connectivity index (χ1) is 13.1. The molecule has 0 bridgehead atoms.